The summed E-state index contributed by atoms with van der Waals surface area (Å²) in [6.45, 7) is 2.44. The van der Waals surface area contributed by atoms with E-state index in [2.05, 4.69) is 5.32 Å². The topological polar surface area (TPSA) is 83.1 Å². The molecule has 1 heterocycles. The van der Waals surface area contributed by atoms with E-state index in [1.807, 2.05) is 30.3 Å². The van der Waals surface area contributed by atoms with E-state index < -0.39 is 24.2 Å². The van der Waals surface area contributed by atoms with Gasteiger partial charge in [0.05, 0.1) is 13.2 Å². The van der Waals surface area contributed by atoms with Crippen LogP contribution in [0.5, 0.6) is 0 Å². The van der Waals surface area contributed by atoms with Crippen molar-refractivity contribution in [3.63, 3.8) is 0 Å². The molecular weight excluding hydrogens is 326 g/mol. The third-order valence-corrected chi connectivity index (χ3v) is 3.91. The van der Waals surface area contributed by atoms with Crippen LogP contribution in [0, 0.1) is 0 Å². The van der Waals surface area contributed by atoms with Crippen LogP contribution in [0.1, 0.15) is 31.7 Å². The zero-order chi connectivity index (χ0) is 18.1. The van der Waals surface area contributed by atoms with E-state index in [0.717, 1.165) is 24.8 Å². The number of nitrogens with one attached hydrogen (secondary N) is 1. The number of amides is 1. The largest absolute Gasteiger partial charge is 0.467 e. The predicted octanol–water partition coefficient (Wildman–Crippen LogP) is 2.39. The zero-order valence-electron chi connectivity index (χ0n) is 14.6. The number of hydrogen-bond acceptors (Lipinski definition) is 6. The Morgan fingerprint density at radius 2 is 2.04 bits per heavy atom. The fraction of sp³-hybridized carbons (Fsp3) is 0.556. The summed E-state index contributed by atoms with van der Waals surface area (Å²) < 4.78 is 21.2. The third kappa shape index (κ3) is 6.36. The van der Waals surface area contributed by atoms with Gasteiger partial charge in [0, 0.05) is 6.61 Å². The van der Waals surface area contributed by atoms with Gasteiger partial charge in [-0.3, -0.25) is 0 Å². The molecule has 1 aliphatic heterocycles. The van der Waals surface area contributed by atoms with Crippen molar-refractivity contribution in [2.75, 3.05) is 13.7 Å². The van der Waals surface area contributed by atoms with Crippen LogP contribution < -0.4 is 5.32 Å². The van der Waals surface area contributed by atoms with Crippen molar-refractivity contribution in [3.05, 3.63) is 35.9 Å². The Morgan fingerprint density at radius 3 is 2.68 bits per heavy atom. The summed E-state index contributed by atoms with van der Waals surface area (Å²) in [6.07, 6.45) is 1.07. The van der Waals surface area contributed by atoms with Crippen molar-refractivity contribution in [1.82, 2.24) is 5.32 Å². The predicted molar refractivity (Wildman–Crippen MR) is 89.7 cm³/mol. The van der Waals surface area contributed by atoms with E-state index in [0.29, 0.717) is 6.61 Å². The maximum absolute atomic E-state index is 12.0. The molecule has 1 aromatic rings. The first kappa shape index (κ1) is 19.2. The molecule has 0 aliphatic carbocycles. The number of esters is 1. The standard InChI is InChI=1S/C18H25NO6/c1-13(25-15-10-6-7-11-23-15)16(17(20)22-2)19-18(21)24-12-14-8-4-3-5-9-14/h3-5,8-9,13,15-16H,6-7,10-12H2,1-2H3,(H,19,21). The van der Waals surface area contributed by atoms with E-state index in [4.69, 9.17) is 18.9 Å². The Morgan fingerprint density at radius 1 is 1.28 bits per heavy atom. The summed E-state index contributed by atoms with van der Waals surface area (Å²) in [7, 11) is 1.26. The SMILES string of the molecule is COC(=O)C(NC(=O)OCc1ccccc1)C(C)OC1CCCCO1. The Labute approximate surface area is 147 Å². The molecule has 7 nitrogen and oxygen atoms in total. The lowest BCUT2D eigenvalue weighted by Gasteiger charge is -2.29. The van der Waals surface area contributed by atoms with Gasteiger partial charge in [-0.2, -0.15) is 0 Å². The maximum Gasteiger partial charge on any atom is 0.408 e. The molecule has 0 radical (unpaired) electrons. The Balaban J connectivity index is 1.87. The monoisotopic (exact) mass is 351 g/mol. The highest BCUT2D eigenvalue weighted by Gasteiger charge is 2.31. The highest BCUT2D eigenvalue weighted by atomic mass is 16.7. The first-order chi connectivity index (χ1) is 12.1. The molecule has 1 aromatic carbocycles. The molecule has 3 unspecified atom stereocenters. The van der Waals surface area contributed by atoms with Gasteiger partial charge in [0.2, 0.25) is 0 Å². The first-order valence-electron chi connectivity index (χ1n) is 8.42. The van der Waals surface area contributed by atoms with Crippen LogP contribution in [0.15, 0.2) is 30.3 Å². The Hall–Kier alpha value is -2.12. The smallest absolute Gasteiger partial charge is 0.408 e. The van der Waals surface area contributed by atoms with Crippen molar-refractivity contribution < 1.29 is 28.5 Å². The molecule has 0 bridgehead atoms. The molecule has 0 spiro atoms. The minimum Gasteiger partial charge on any atom is -0.467 e. The highest BCUT2D eigenvalue weighted by Crippen LogP contribution is 2.17. The van der Waals surface area contributed by atoms with Crippen LogP contribution in [-0.4, -0.2) is 44.2 Å². The Kier molecular flexibility index (Phi) is 7.69. The second-order valence-electron chi connectivity index (χ2n) is 5.84. The van der Waals surface area contributed by atoms with Gasteiger partial charge in [-0.15, -0.1) is 0 Å². The molecule has 25 heavy (non-hydrogen) atoms. The second-order valence-corrected chi connectivity index (χ2v) is 5.84. The van der Waals surface area contributed by atoms with E-state index in [9.17, 15) is 9.59 Å². The van der Waals surface area contributed by atoms with Crippen molar-refractivity contribution >= 4 is 12.1 Å². The second kappa shape index (κ2) is 10.0. The van der Waals surface area contributed by atoms with Gasteiger partial charge in [-0.25, -0.2) is 9.59 Å². The van der Waals surface area contributed by atoms with E-state index in [1.165, 1.54) is 7.11 Å². The number of hydrogen-bond donors (Lipinski definition) is 1. The molecule has 1 N–H and O–H groups in total. The fourth-order valence-corrected chi connectivity index (χ4v) is 2.52. The van der Waals surface area contributed by atoms with Gasteiger partial charge >= 0.3 is 12.1 Å². The molecule has 138 valence electrons. The number of carbonyl (C=O) groups excluding carboxylic acids is 2. The fourth-order valence-electron chi connectivity index (χ4n) is 2.52. The van der Waals surface area contributed by atoms with E-state index in [1.54, 1.807) is 6.92 Å². The normalized spacial score (nSPS) is 19.5. The quantitative estimate of drug-likeness (QED) is 0.760. The number of ether oxygens (including phenoxy) is 4. The van der Waals surface area contributed by atoms with E-state index >= 15 is 0 Å². The molecule has 3 atom stereocenters. The van der Waals surface area contributed by atoms with Crippen molar-refractivity contribution in [1.29, 1.82) is 0 Å². The number of rotatable bonds is 7. The lowest BCUT2D eigenvalue weighted by molar-refractivity contribution is -0.193. The van der Waals surface area contributed by atoms with Crippen LogP contribution in [0.4, 0.5) is 4.79 Å². The minimum atomic E-state index is -0.973. The van der Waals surface area contributed by atoms with Crippen LogP contribution in [0.3, 0.4) is 0 Å². The summed E-state index contributed by atoms with van der Waals surface area (Å²) in [5, 5.41) is 2.51. The van der Waals surface area contributed by atoms with Crippen LogP contribution in [0.25, 0.3) is 0 Å². The summed E-state index contributed by atoms with van der Waals surface area (Å²) >= 11 is 0. The third-order valence-electron chi connectivity index (χ3n) is 3.91. The number of methoxy groups -OCH3 is 1. The lowest BCUT2D eigenvalue weighted by atomic mass is 10.1. The van der Waals surface area contributed by atoms with Crippen LogP contribution in [-0.2, 0) is 30.3 Å². The van der Waals surface area contributed by atoms with Gasteiger partial charge < -0.3 is 24.3 Å². The Bertz CT molecular complexity index is 544. The zero-order valence-corrected chi connectivity index (χ0v) is 14.6. The molecule has 1 amide bonds. The number of carbonyl (C=O) groups is 2. The van der Waals surface area contributed by atoms with Crippen molar-refractivity contribution in [3.8, 4) is 0 Å². The van der Waals surface area contributed by atoms with Gasteiger partial charge in [-0.05, 0) is 31.7 Å². The lowest BCUT2D eigenvalue weighted by Crippen LogP contribution is -2.50. The minimum absolute atomic E-state index is 0.113. The molecule has 7 heteroatoms. The molecule has 0 saturated carbocycles. The average Bonchev–Trinajstić information content (AvgIpc) is 2.65. The highest BCUT2D eigenvalue weighted by molar-refractivity contribution is 5.81. The van der Waals surface area contributed by atoms with Crippen molar-refractivity contribution in [2.45, 2.75) is 51.2 Å². The van der Waals surface area contributed by atoms with Gasteiger partial charge in [0.25, 0.3) is 0 Å². The van der Waals surface area contributed by atoms with E-state index in [-0.39, 0.29) is 12.9 Å². The molecule has 1 aliphatic rings. The molecule has 1 fully saturated rings. The van der Waals surface area contributed by atoms with Gasteiger partial charge in [0.1, 0.15) is 6.61 Å². The summed E-state index contributed by atoms with van der Waals surface area (Å²) in [5.74, 6) is -0.597. The first-order valence-corrected chi connectivity index (χ1v) is 8.42. The number of alkyl carbamates (subject to hydrolysis) is 1. The summed E-state index contributed by atoms with van der Waals surface area (Å²) in [6, 6.07) is 8.30. The van der Waals surface area contributed by atoms with Crippen molar-refractivity contribution in [2.24, 2.45) is 0 Å². The molecular formula is C18H25NO6. The molecule has 1 saturated heterocycles. The molecule has 2 rings (SSSR count). The summed E-state index contributed by atoms with van der Waals surface area (Å²) in [5.41, 5.74) is 0.854. The number of benzene rings is 1. The van der Waals surface area contributed by atoms with Crippen LogP contribution >= 0.6 is 0 Å². The van der Waals surface area contributed by atoms with Gasteiger partial charge in [0.15, 0.2) is 12.3 Å². The average molecular weight is 351 g/mol. The molecule has 0 aromatic heterocycles. The summed E-state index contributed by atoms with van der Waals surface area (Å²) in [4.78, 5) is 24.0. The van der Waals surface area contributed by atoms with Crippen LogP contribution in [0.2, 0.25) is 0 Å². The maximum atomic E-state index is 12.0. The van der Waals surface area contributed by atoms with Gasteiger partial charge in [-0.1, -0.05) is 30.3 Å².